The van der Waals surface area contributed by atoms with Gasteiger partial charge in [0.1, 0.15) is 0 Å². The Kier molecular flexibility index (Phi) is 5.81. The Morgan fingerprint density at radius 3 is 2.50 bits per heavy atom. The fraction of sp³-hybridized carbons (Fsp3) is 0.923. The molecule has 0 saturated heterocycles. The zero-order valence-electron chi connectivity index (χ0n) is 10.7. The minimum Gasteiger partial charge on any atom is -0.340 e. The van der Waals surface area contributed by atoms with Crippen molar-refractivity contribution in [2.45, 2.75) is 58.4 Å². The van der Waals surface area contributed by atoms with Crippen LogP contribution in [0.4, 0.5) is 0 Å². The molecular formula is C13H26N2O. The van der Waals surface area contributed by atoms with E-state index in [2.05, 4.69) is 18.7 Å². The number of carbonyl (C=O) groups excluding carboxylic acids is 1. The van der Waals surface area contributed by atoms with Crippen molar-refractivity contribution in [2.75, 3.05) is 13.1 Å². The molecule has 1 aliphatic carbocycles. The molecular weight excluding hydrogens is 200 g/mol. The molecule has 0 heterocycles. The molecule has 2 N–H and O–H groups in total. The number of rotatable bonds is 6. The third-order valence-electron chi connectivity index (χ3n) is 3.39. The second-order valence-electron chi connectivity index (χ2n) is 5.25. The Morgan fingerprint density at radius 2 is 2.00 bits per heavy atom. The first-order chi connectivity index (χ1) is 7.65. The van der Waals surface area contributed by atoms with E-state index in [0.29, 0.717) is 24.9 Å². The summed E-state index contributed by atoms with van der Waals surface area (Å²) in [6.45, 7) is 5.81. The minimum atomic E-state index is 0.259. The predicted molar refractivity (Wildman–Crippen MR) is 67.1 cm³/mol. The standard InChI is InChI=1S/C13H26N2O/c1-11(2)8-10-15(13(16)7-9-14)12-5-3-4-6-12/h11-12H,3-10,14H2,1-2H3. The Morgan fingerprint density at radius 1 is 1.38 bits per heavy atom. The van der Waals surface area contributed by atoms with E-state index in [4.69, 9.17) is 5.73 Å². The van der Waals surface area contributed by atoms with Crippen molar-refractivity contribution < 1.29 is 4.79 Å². The van der Waals surface area contributed by atoms with Crippen LogP contribution in [0.15, 0.2) is 0 Å². The zero-order valence-corrected chi connectivity index (χ0v) is 10.7. The van der Waals surface area contributed by atoms with E-state index in [1.54, 1.807) is 0 Å². The lowest BCUT2D eigenvalue weighted by molar-refractivity contribution is -0.133. The normalized spacial score (nSPS) is 17.0. The highest BCUT2D eigenvalue weighted by Crippen LogP contribution is 2.24. The SMILES string of the molecule is CC(C)CCN(C(=O)CCN)C1CCCC1. The van der Waals surface area contributed by atoms with Gasteiger partial charge in [0.15, 0.2) is 0 Å². The van der Waals surface area contributed by atoms with E-state index in [0.717, 1.165) is 13.0 Å². The summed E-state index contributed by atoms with van der Waals surface area (Å²) in [5.74, 6) is 0.921. The molecule has 3 heteroatoms. The van der Waals surface area contributed by atoms with Crippen LogP contribution in [0.3, 0.4) is 0 Å². The van der Waals surface area contributed by atoms with Crippen molar-refractivity contribution in [2.24, 2.45) is 11.7 Å². The molecule has 0 radical (unpaired) electrons. The van der Waals surface area contributed by atoms with Crippen LogP contribution in [0.2, 0.25) is 0 Å². The highest BCUT2D eigenvalue weighted by molar-refractivity contribution is 5.76. The topological polar surface area (TPSA) is 46.3 Å². The molecule has 0 aromatic rings. The number of amides is 1. The lowest BCUT2D eigenvalue weighted by Gasteiger charge is -2.29. The van der Waals surface area contributed by atoms with Crippen molar-refractivity contribution in [3.63, 3.8) is 0 Å². The van der Waals surface area contributed by atoms with E-state index in [9.17, 15) is 4.79 Å². The second kappa shape index (κ2) is 6.89. The van der Waals surface area contributed by atoms with Crippen molar-refractivity contribution in [3.8, 4) is 0 Å². The zero-order chi connectivity index (χ0) is 12.0. The van der Waals surface area contributed by atoms with Gasteiger partial charge in [-0.3, -0.25) is 4.79 Å². The molecule has 0 bridgehead atoms. The van der Waals surface area contributed by atoms with Gasteiger partial charge in [0, 0.05) is 25.6 Å². The summed E-state index contributed by atoms with van der Waals surface area (Å²) >= 11 is 0. The first kappa shape index (κ1) is 13.5. The van der Waals surface area contributed by atoms with Crippen LogP contribution in [0.5, 0.6) is 0 Å². The average Bonchev–Trinajstić information content (AvgIpc) is 2.71. The molecule has 0 aliphatic heterocycles. The molecule has 1 fully saturated rings. The molecule has 0 aromatic heterocycles. The summed E-state index contributed by atoms with van der Waals surface area (Å²) in [5.41, 5.74) is 5.47. The van der Waals surface area contributed by atoms with Gasteiger partial charge in [-0.1, -0.05) is 26.7 Å². The first-order valence-corrected chi connectivity index (χ1v) is 6.64. The first-order valence-electron chi connectivity index (χ1n) is 6.64. The summed E-state index contributed by atoms with van der Waals surface area (Å²) in [4.78, 5) is 14.1. The van der Waals surface area contributed by atoms with Crippen molar-refractivity contribution in [1.82, 2.24) is 4.90 Å². The van der Waals surface area contributed by atoms with Crippen LogP contribution >= 0.6 is 0 Å². The molecule has 0 atom stereocenters. The molecule has 94 valence electrons. The van der Waals surface area contributed by atoms with Crippen molar-refractivity contribution >= 4 is 5.91 Å². The summed E-state index contributed by atoms with van der Waals surface area (Å²) < 4.78 is 0. The van der Waals surface area contributed by atoms with Gasteiger partial charge >= 0.3 is 0 Å². The Labute approximate surface area is 99.4 Å². The quantitative estimate of drug-likeness (QED) is 0.754. The van der Waals surface area contributed by atoms with Gasteiger partial charge in [0.2, 0.25) is 5.91 Å². The summed E-state index contributed by atoms with van der Waals surface area (Å²) in [6.07, 6.45) is 6.54. The van der Waals surface area contributed by atoms with Gasteiger partial charge < -0.3 is 10.6 Å². The van der Waals surface area contributed by atoms with Gasteiger partial charge in [-0.05, 0) is 25.2 Å². The monoisotopic (exact) mass is 226 g/mol. The highest BCUT2D eigenvalue weighted by Gasteiger charge is 2.25. The molecule has 0 aromatic carbocycles. The maximum absolute atomic E-state index is 12.0. The predicted octanol–water partition coefficient (Wildman–Crippen LogP) is 2.15. The number of hydrogen-bond acceptors (Lipinski definition) is 2. The fourth-order valence-electron chi connectivity index (χ4n) is 2.39. The Hall–Kier alpha value is -0.570. The number of nitrogens with two attached hydrogens (primary N) is 1. The Balaban J connectivity index is 2.49. The molecule has 1 amide bonds. The van der Waals surface area contributed by atoms with E-state index >= 15 is 0 Å². The summed E-state index contributed by atoms with van der Waals surface area (Å²) in [7, 11) is 0. The average molecular weight is 226 g/mol. The molecule has 16 heavy (non-hydrogen) atoms. The van der Waals surface area contributed by atoms with Crippen molar-refractivity contribution in [3.05, 3.63) is 0 Å². The maximum atomic E-state index is 12.0. The summed E-state index contributed by atoms with van der Waals surface area (Å²) in [5, 5.41) is 0. The largest absolute Gasteiger partial charge is 0.340 e. The van der Waals surface area contributed by atoms with Crippen LogP contribution < -0.4 is 5.73 Å². The molecule has 0 spiro atoms. The highest BCUT2D eigenvalue weighted by atomic mass is 16.2. The van der Waals surface area contributed by atoms with Gasteiger partial charge in [-0.25, -0.2) is 0 Å². The van der Waals surface area contributed by atoms with Crippen LogP contribution in [0, 0.1) is 5.92 Å². The number of hydrogen-bond donors (Lipinski definition) is 1. The Bertz CT molecular complexity index is 210. The van der Waals surface area contributed by atoms with E-state index in [1.807, 2.05) is 0 Å². The molecule has 1 saturated carbocycles. The molecule has 0 unspecified atom stereocenters. The van der Waals surface area contributed by atoms with Crippen LogP contribution in [0.1, 0.15) is 52.4 Å². The lowest BCUT2D eigenvalue weighted by Crippen LogP contribution is -2.40. The minimum absolute atomic E-state index is 0.259. The summed E-state index contributed by atoms with van der Waals surface area (Å²) in [6, 6.07) is 0.498. The van der Waals surface area contributed by atoms with Gasteiger partial charge in [0.25, 0.3) is 0 Å². The van der Waals surface area contributed by atoms with Crippen molar-refractivity contribution in [1.29, 1.82) is 0 Å². The van der Waals surface area contributed by atoms with Gasteiger partial charge in [-0.15, -0.1) is 0 Å². The van der Waals surface area contributed by atoms with Crippen LogP contribution in [-0.2, 0) is 4.79 Å². The molecule has 1 aliphatic rings. The fourth-order valence-corrected chi connectivity index (χ4v) is 2.39. The van der Waals surface area contributed by atoms with E-state index in [-0.39, 0.29) is 5.91 Å². The lowest BCUT2D eigenvalue weighted by atomic mass is 10.1. The smallest absolute Gasteiger partial charge is 0.224 e. The van der Waals surface area contributed by atoms with Crippen LogP contribution in [-0.4, -0.2) is 29.9 Å². The second-order valence-corrected chi connectivity index (χ2v) is 5.25. The van der Waals surface area contributed by atoms with Gasteiger partial charge in [0.05, 0.1) is 0 Å². The van der Waals surface area contributed by atoms with E-state index < -0.39 is 0 Å². The third-order valence-corrected chi connectivity index (χ3v) is 3.39. The van der Waals surface area contributed by atoms with Gasteiger partial charge in [-0.2, -0.15) is 0 Å². The maximum Gasteiger partial charge on any atom is 0.224 e. The molecule has 1 rings (SSSR count). The van der Waals surface area contributed by atoms with Crippen LogP contribution in [0.25, 0.3) is 0 Å². The number of nitrogens with zero attached hydrogens (tertiary/aromatic N) is 1. The third kappa shape index (κ3) is 4.12. The number of carbonyl (C=O) groups is 1. The molecule has 3 nitrogen and oxygen atoms in total. The van der Waals surface area contributed by atoms with E-state index in [1.165, 1.54) is 25.7 Å².